The number of fused-ring (bicyclic) bond motifs is 1. The lowest BCUT2D eigenvalue weighted by Gasteiger charge is -2.33. The van der Waals surface area contributed by atoms with E-state index in [4.69, 9.17) is 25.8 Å². The molecule has 2 aliphatic heterocycles. The Morgan fingerprint density at radius 3 is 2.50 bits per heavy atom. The van der Waals surface area contributed by atoms with Gasteiger partial charge in [0.25, 0.3) is 0 Å². The van der Waals surface area contributed by atoms with Crippen LogP contribution in [0.5, 0.6) is 17.2 Å². The number of benzene rings is 2. The predicted octanol–water partition coefficient (Wildman–Crippen LogP) is 2.06. The molecule has 0 aromatic heterocycles. The Labute approximate surface area is 191 Å². The van der Waals surface area contributed by atoms with Crippen LogP contribution in [0.3, 0.4) is 0 Å². The molecule has 9 nitrogen and oxygen atoms in total. The van der Waals surface area contributed by atoms with E-state index in [0.717, 1.165) is 0 Å². The molecule has 0 spiro atoms. The van der Waals surface area contributed by atoms with Crippen LogP contribution in [0, 0.1) is 0 Å². The molecular formula is C21H24ClN3O6S. The van der Waals surface area contributed by atoms with Crippen molar-refractivity contribution in [2.24, 2.45) is 0 Å². The van der Waals surface area contributed by atoms with Crippen molar-refractivity contribution < 1.29 is 27.4 Å². The molecule has 4 rings (SSSR count). The van der Waals surface area contributed by atoms with Gasteiger partial charge in [-0.3, -0.25) is 9.69 Å². The summed E-state index contributed by atoms with van der Waals surface area (Å²) in [5, 5.41) is 3.28. The number of amides is 1. The van der Waals surface area contributed by atoms with Crippen LogP contribution in [0.2, 0.25) is 5.02 Å². The Kier molecular flexibility index (Phi) is 6.75. The maximum Gasteiger partial charge on any atom is 0.243 e. The number of rotatable bonds is 6. The molecule has 0 unspecified atom stereocenters. The molecular weight excluding hydrogens is 458 g/mol. The van der Waals surface area contributed by atoms with E-state index in [0.29, 0.717) is 54.3 Å². The molecule has 2 aromatic rings. The van der Waals surface area contributed by atoms with Crippen LogP contribution in [0.4, 0.5) is 5.69 Å². The van der Waals surface area contributed by atoms with E-state index in [1.807, 2.05) is 4.90 Å². The number of sulfonamides is 1. The van der Waals surface area contributed by atoms with Crippen molar-refractivity contribution in [3.63, 3.8) is 0 Å². The van der Waals surface area contributed by atoms with Gasteiger partial charge in [0.1, 0.15) is 19.0 Å². The van der Waals surface area contributed by atoms with E-state index in [1.165, 1.54) is 23.5 Å². The van der Waals surface area contributed by atoms with E-state index in [1.54, 1.807) is 24.3 Å². The fourth-order valence-electron chi connectivity index (χ4n) is 3.63. The Hall–Kier alpha value is -2.53. The first-order chi connectivity index (χ1) is 15.4. The number of anilines is 1. The second kappa shape index (κ2) is 9.53. The maximum absolute atomic E-state index is 13.1. The summed E-state index contributed by atoms with van der Waals surface area (Å²) in [6.07, 6.45) is 0. The minimum Gasteiger partial charge on any atom is -0.495 e. The molecule has 1 fully saturated rings. The summed E-state index contributed by atoms with van der Waals surface area (Å²) in [7, 11) is -2.16. The number of nitrogens with one attached hydrogen (secondary N) is 1. The minimum absolute atomic E-state index is 0.133. The fraction of sp³-hybridized carbons (Fsp3) is 0.381. The molecule has 0 saturated carbocycles. The third kappa shape index (κ3) is 4.93. The van der Waals surface area contributed by atoms with Gasteiger partial charge in [-0.2, -0.15) is 4.31 Å². The lowest BCUT2D eigenvalue weighted by atomic mass is 10.3. The number of carbonyl (C=O) groups excluding carboxylic acids is 1. The van der Waals surface area contributed by atoms with E-state index in [-0.39, 0.29) is 30.4 Å². The second-order valence-electron chi connectivity index (χ2n) is 7.38. The first kappa shape index (κ1) is 22.7. The second-order valence-corrected chi connectivity index (χ2v) is 9.75. The molecule has 11 heteroatoms. The number of nitrogens with zero attached hydrogens (tertiary/aromatic N) is 2. The Morgan fingerprint density at radius 1 is 1.06 bits per heavy atom. The number of hydrogen-bond acceptors (Lipinski definition) is 7. The zero-order valence-electron chi connectivity index (χ0n) is 17.5. The van der Waals surface area contributed by atoms with E-state index < -0.39 is 10.0 Å². The van der Waals surface area contributed by atoms with Crippen molar-refractivity contribution in [1.82, 2.24) is 9.21 Å². The highest BCUT2D eigenvalue weighted by atomic mass is 35.5. The van der Waals surface area contributed by atoms with E-state index >= 15 is 0 Å². The Morgan fingerprint density at radius 2 is 1.78 bits per heavy atom. The number of piperazine rings is 1. The lowest BCUT2D eigenvalue weighted by Crippen LogP contribution is -2.50. The van der Waals surface area contributed by atoms with E-state index in [9.17, 15) is 13.2 Å². The van der Waals surface area contributed by atoms with Gasteiger partial charge in [0.05, 0.1) is 24.2 Å². The Balaban J connectivity index is 1.35. The zero-order valence-corrected chi connectivity index (χ0v) is 19.1. The van der Waals surface area contributed by atoms with Gasteiger partial charge in [0.15, 0.2) is 11.5 Å². The van der Waals surface area contributed by atoms with Crippen molar-refractivity contribution in [3.8, 4) is 17.2 Å². The maximum atomic E-state index is 13.1. The summed E-state index contributed by atoms with van der Waals surface area (Å²) >= 11 is 6.00. The minimum atomic E-state index is -3.67. The largest absolute Gasteiger partial charge is 0.495 e. The van der Waals surface area contributed by atoms with Gasteiger partial charge in [-0.1, -0.05) is 11.6 Å². The molecule has 0 bridgehead atoms. The molecule has 1 amide bonds. The smallest absolute Gasteiger partial charge is 0.243 e. The SMILES string of the molecule is COc1ccc(Cl)cc1NC(=O)CN1CCN(S(=O)(=O)c2ccc3c(c2)OCCO3)CC1. The third-order valence-corrected chi connectivity index (χ3v) is 7.42. The monoisotopic (exact) mass is 481 g/mol. The van der Waals surface area contributed by atoms with Crippen molar-refractivity contribution in [1.29, 1.82) is 0 Å². The summed E-state index contributed by atoms with van der Waals surface area (Å²) in [6, 6.07) is 9.63. The van der Waals surface area contributed by atoms with Gasteiger partial charge in [-0.05, 0) is 30.3 Å². The molecule has 2 heterocycles. The summed E-state index contributed by atoms with van der Waals surface area (Å²) < 4.78 is 43.7. The number of carbonyl (C=O) groups is 1. The van der Waals surface area contributed by atoms with Crippen LogP contribution in [-0.4, -0.2) is 76.6 Å². The van der Waals surface area contributed by atoms with Gasteiger partial charge in [-0.25, -0.2) is 8.42 Å². The zero-order chi connectivity index (χ0) is 22.7. The molecule has 1 N–H and O–H groups in total. The van der Waals surface area contributed by atoms with E-state index in [2.05, 4.69) is 5.32 Å². The normalized spacial score (nSPS) is 17.1. The van der Waals surface area contributed by atoms with Crippen LogP contribution in [0.1, 0.15) is 0 Å². The first-order valence-corrected chi connectivity index (χ1v) is 11.9. The van der Waals surface area contributed by atoms with Crippen molar-refractivity contribution in [3.05, 3.63) is 41.4 Å². The molecule has 0 radical (unpaired) electrons. The molecule has 172 valence electrons. The van der Waals surface area contributed by atoms with Crippen LogP contribution < -0.4 is 19.5 Å². The molecule has 32 heavy (non-hydrogen) atoms. The van der Waals surface area contributed by atoms with Crippen molar-refractivity contribution in [2.45, 2.75) is 4.90 Å². The van der Waals surface area contributed by atoms with Crippen molar-refractivity contribution in [2.75, 3.05) is 58.4 Å². The number of ether oxygens (including phenoxy) is 3. The highest BCUT2D eigenvalue weighted by Crippen LogP contribution is 2.33. The standard InChI is InChI=1S/C21H24ClN3O6S/c1-29-18-4-2-15(22)12-17(18)23-21(26)14-24-6-8-25(9-7-24)32(27,28)16-3-5-19-20(13-16)31-11-10-30-19/h2-5,12-13H,6-11,14H2,1H3,(H,23,26). The van der Waals surface area contributed by atoms with Crippen LogP contribution >= 0.6 is 11.6 Å². The third-order valence-electron chi connectivity index (χ3n) is 5.29. The lowest BCUT2D eigenvalue weighted by molar-refractivity contribution is -0.117. The van der Waals surface area contributed by atoms with Gasteiger partial charge in [-0.15, -0.1) is 0 Å². The molecule has 2 aromatic carbocycles. The summed E-state index contributed by atoms with van der Waals surface area (Å²) in [5.74, 6) is 1.26. The summed E-state index contributed by atoms with van der Waals surface area (Å²) in [5.41, 5.74) is 0.491. The average molecular weight is 482 g/mol. The first-order valence-electron chi connectivity index (χ1n) is 10.1. The highest BCUT2D eigenvalue weighted by molar-refractivity contribution is 7.89. The van der Waals surface area contributed by atoms with Gasteiger partial charge < -0.3 is 19.5 Å². The topological polar surface area (TPSA) is 97.4 Å². The number of hydrogen-bond donors (Lipinski definition) is 1. The highest BCUT2D eigenvalue weighted by Gasteiger charge is 2.30. The number of methoxy groups -OCH3 is 1. The van der Waals surface area contributed by atoms with Crippen LogP contribution in [0.25, 0.3) is 0 Å². The average Bonchev–Trinajstić information content (AvgIpc) is 2.79. The Bertz CT molecular complexity index is 1100. The quantitative estimate of drug-likeness (QED) is 0.674. The molecule has 0 aliphatic carbocycles. The van der Waals surface area contributed by atoms with Crippen LogP contribution in [0.15, 0.2) is 41.3 Å². The van der Waals surface area contributed by atoms with Gasteiger partial charge in [0.2, 0.25) is 15.9 Å². The number of halogens is 1. The summed E-state index contributed by atoms with van der Waals surface area (Å²) in [6.45, 7) is 2.40. The van der Waals surface area contributed by atoms with Crippen LogP contribution in [-0.2, 0) is 14.8 Å². The molecule has 2 aliphatic rings. The van der Waals surface area contributed by atoms with Gasteiger partial charge >= 0.3 is 0 Å². The van der Waals surface area contributed by atoms with Gasteiger partial charge in [0, 0.05) is 37.3 Å². The molecule has 0 atom stereocenters. The predicted molar refractivity (Wildman–Crippen MR) is 119 cm³/mol. The molecule has 1 saturated heterocycles. The fourth-order valence-corrected chi connectivity index (χ4v) is 5.24. The summed E-state index contributed by atoms with van der Waals surface area (Å²) in [4.78, 5) is 14.6. The van der Waals surface area contributed by atoms with Crippen molar-refractivity contribution >= 4 is 33.2 Å².